The van der Waals surface area contributed by atoms with E-state index in [9.17, 15) is 4.79 Å². The molecule has 1 aromatic carbocycles. The van der Waals surface area contributed by atoms with E-state index in [1.165, 1.54) is 0 Å². The highest BCUT2D eigenvalue weighted by Crippen LogP contribution is 2.10. The van der Waals surface area contributed by atoms with Crippen LogP contribution in [0.5, 0.6) is 0 Å². The first kappa shape index (κ1) is 17.2. The van der Waals surface area contributed by atoms with Crippen LogP contribution in [-0.4, -0.2) is 63.3 Å². The van der Waals surface area contributed by atoms with Crippen LogP contribution >= 0.6 is 11.6 Å². The van der Waals surface area contributed by atoms with Crippen LogP contribution in [0.1, 0.15) is 5.56 Å². The van der Waals surface area contributed by atoms with Gasteiger partial charge in [0, 0.05) is 37.7 Å². The van der Waals surface area contributed by atoms with Crippen molar-refractivity contribution in [3.8, 4) is 0 Å². The van der Waals surface area contributed by atoms with Gasteiger partial charge in [-0.05, 0) is 24.1 Å². The van der Waals surface area contributed by atoms with Gasteiger partial charge in [-0.2, -0.15) is 0 Å². The van der Waals surface area contributed by atoms with Gasteiger partial charge in [0.05, 0.1) is 19.8 Å². The summed E-state index contributed by atoms with van der Waals surface area (Å²) in [7, 11) is 0. The van der Waals surface area contributed by atoms with Gasteiger partial charge in [-0.1, -0.05) is 23.7 Å². The summed E-state index contributed by atoms with van der Waals surface area (Å²) < 4.78 is 5.30. The molecule has 0 radical (unpaired) electrons. The number of carbonyl (C=O) groups is 1. The summed E-state index contributed by atoms with van der Waals surface area (Å²) in [5.74, 6) is 0.0315. The monoisotopic (exact) mass is 325 g/mol. The molecule has 0 aliphatic carbocycles. The Hall–Kier alpha value is -1.14. The van der Waals surface area contributed by atoms with Gasteiger partial charge in [0.15, 0.2) is 0 Å². The highest BCUT2D eigenvalue weighted by Gasteiger charge is 2.09. The van der Waals surface area contributed by atoms with E-state index < -0.39 is 0 Å². The van der Waals surface area contributed by atoms with Crippen molar-refractivity contribution < 1.29 is 9.53 Å². The van der Waals surface area contributed by atoms with Crippen LogP contribution in [0.25, 0.3) is 0 Å². The fraction of sp³-hybridized carbons (Fsp3) is 0.562. The first-order chi connectivity index (χ1) is 10.7. The molecule has 1 amide bonds. The van der Waals surface area contributed by atoms with E-state index >= 15 is 0 Å². The molecule has 0 saturated carbocycles. The Morgan fingerprint density at radius 2 is 2.09 bits per heavy atom. The summed E-state index contributed by atoms with van der Waals surface area (Å²) in [5, 5.41) is 6.82. The van der Waals surface area contributed by atoms with Crippen LogP contribution in [0.3, 0.4) is 0 Å². The normalized spacial score (nSPS) is 15.7. The molecule has 0 bridgehead atoms. The summed E-state index contributed by atoms with van der Waals surface area (Å²) in [5.41, 5.74) is 1.13. The molecule has 0 atom stereocenters. The van der Waals surface area contributed by atoms with Crippen LogP contribution < -0.4 is 10.6 Å². The standard InChI is InChI=1S/C16H24ClN3O2/c17-15-3-1-2-14(12-15)4-5-19-16(21)13-18-6-7-20-8-10-22-11-9-20/h1-3,12,18H,4-11,13H2,(H,19,21). The van der Waals surface area contributed by atoms with Crippen LogP contribution in [0, 0.1) is 0 Å². The molecular formula is C16H24ClN3O2. The third kappa shape index (κ3) is 6.75. The first-order valence-electron chi connectivity index (χ1n) is 7.76. The van der Waals surface area contributed by atoms with Crippen molar-refractivity contribution in [2.24, 2.45) is 0 Å². The average molecular weight is 326 g/mol. The Morgan fingerprint density at radius 3 is 2.86 bits per heavy atom. The predicted octanol–water partition coefficient (Wildman–Crippen LogP) is 0.921. The van der Waals surface area contributed by atoms with E-state index in [1.807, 2.05) is 24.3 Å². The second kappa shape index (κ2) is 9.79. The van der Waals surface area contributed by atoms with Crippen molar-refractivity contribution in [3.05, 3.63) is 34.9 Å². The van der Waals surface area contributed by atoms with Crippen LogP contribution in [0.2, 0.25) is 5.02 Å². The maximum absolute atomic E-state index is 11.7. The molecule has 5 nitrogen and oxygen atoms in total. The van der Waals surface area contributed by atoms with Crippen molar-refractivity contribution in [3.63, 3.8) is 0 Å². The number of rotatable bonds is 8. The molecule has 0 unspecified atom stereocenters. The number of nitrogens with zero attached hydrogens (tertiary/aromatic N) is 1. The smallest absolute Gasteiger partial charge is 0.233 e. The third-order valence-electron chi connectivity index (χ3n) is 3.62. The summed E-state index contributed by atoms with van der Waals surface area (Å²) in [6, 6.07) is 7.71. The number of morpholine rings is 1. The lowest BCUT2D eigenvalue weighted by Gasteiger charge is -2.26. The Kier molecular flexibility index (Phi) is 7.66. The highest BCUT2D eigenvalue weighted by molar-refractivity contribution is 6.30. The number of hydrogen-bond donors (Lipinski definition) is 2. The maximum Gasteiger partial charge on any atom is 0.233 e. The zero-order valence-corrected chi connectivity index (χ0v) is 13.6. The summed E-state index contributed by atoms with van der Waals surface area (Å²) in [6.45, 7) is 6.35. The fourth-order valence-corrected chi connectivity index (χ4v) is 2.58. The number of nitrogens with one attached hydrogen (secondary N) is 2. The SMILES string of the molecule is O=C(CNCCN1CCOCC1)NCCc1cccc(Cl)c1. The zero-order chi connectivity index (χ0) is 15.6. The minimum atomic E-state index is 0.0315. The molecule has 122 valence electrons. The number of amides is 1. The Bertz CT molecular complexity index is 464. The molecule has 0 aromatic heterocycles. The minimum Gasteiger partial charge on any atom is -0.379 e. The number of halogens is 1. The molecule has 1 fully saturated rings. The van der Waals surface area contributed by atoms with Gasteiger partial charge in [0.1, 0.15) is 0 Å². The molecule has 2 rings (SSSR count). The maximum atomic E-state index is 11.7. The Morgan fingerprint density at radius 1 is 1.27 bits per heavy atom. The van der Waals surface area contributed by atoms with Crippen LogP contribution in [-0.2, 0) is 16.0 Å². The van der Waals surface area contributed by atoms with E-state index in [0.717, 1.165) is 56.4 Å². The topological polar surface area (TPSA) is 53.6 Å². The molecule has 1 aliphatic rings. The lowest BCUT2D eigenvalue weighted by molar-refractivity contribution is -0.120. The van der Waals surface area contributed by atoms with Crippen molar-refractivity contribution in [1.29, 1.82) is 0 Å². The predicted molar refractivity (Wildman–Crippen MR) is 88.3 cm³/mol. The number of benzene rings is 1. The van der Waals surface area contributed by atoms with Gasteiger partial charge in [-0.25, -0.2) is 0 Å². The van der Waals surface area contributed by atoms with Crippen molar-refractivity contribution >= 4 is 17.5 Å². The van der Waals surface area contributed by atoms with Gasteiger partial charge < -0.3 is 15.4 Å². The van der Waals surface area contributed by atoms with Crippen LogP contribution in [0.15, 0.2) is 24.3 Å². The van der Waals surface area contributed by atoms with E-state index in [2.05, 4.69) is 15.5 Å². The lowest BCUT2D eigenvalue weighted by Crippen LogP contribution is -2.42. The fourth-order valence-electron chi connectivity index (χ4n) is 2.37. The van der Waals surface area contributed by atoms with Crippen molar-refractivity contribution in [1.82, 2.24) is 15.5 Å². The molecule has 1 saturated heterocycles. The van der Waals surface area contributed by atoms with Gasteiger partial charge in [0.25, 0.3) is 0 Å². The molecule has 1 aliphatic heterocycles. The van der Waals surface area contributed by atoms with Crippen LogP contribution in [0.4, 0.5) is 0 Å². The van der Waals surface area contributed by atoms with E-state index in [1.54, 1.807) is 0 Å². The summed E-state index contributed by atoms with van der Waals surface area (Å²) in [4.78, 5) is 14.1. The molecule has 2 N–H and O–H groups in total. The quantitative estimate of drug-likeness (QED) is 0.698. The van der Waals surface area contributed by atoms with Crippen molar-refractivity contribution in [2.45, 2.75) is 6.42 Å². The second-order valence-electron chi connectivity index (χ2n) is 5.36. The van der Waals surface area contributed by atoms with E-state index in [0.29, 0.717) is 13.1 Å². The molecule has 0 spiro atoms. The van der Waals surface area contributed by atoms with E-state index in [4.69, 9.17) is 16.3 Å². The number of carbonyl (C=O) groups excluding carboxylic acids is 1. The Labute approximate surface area is 137 Å². The van der Waals surface area contributed by atoms with Gasteiger partial charge in [0.2, 0.25) is 5.91 Å². The van der Waals surface area contributed by atoms with Gasteiger partial charge in [-0.3, -0.25) is 9.69 Å². The van der Waals surface area contributed by atoms with E-state index in [-0.39, 0.29) is 5.91 Å². The highest BCUT2D eigenvalue weighted by atomic mass is 35.5. The first-order valence-corrected chi connectivity index (χ1v) is 8.14. The van der Waals surface area contributed by atoms with Crippen molar-refractivity contribution in [2.75, 3.05) is 52.5 Å². The largest absolute Gasteiger partial charge is 0.379 e. The number of ether oxygens (including phenoxy) is 1. The minimum absolute atomic E-state index is 0.0315. The van der Waals surface area contributed by atoms with Gasteiger partial charge >= 0.3 is 0 Å². The molecule has 1 aromatic rings. The molecule has 1 heterocycles. The summed E-state index contributed by atoms with van der Waals surface area (Å²) >= 11 is 5.93. The zero-order valence-electron chi connectivity index (χ0n) is 12.8. The summed E-state index contributed by atoms with van der Waals surface area (Å²) in [6.07, 6.45) is 0.792. The lowest BCUT2D eigenvalue weighted by atomic mass is 10.1. The number of hydrogen-bond acceptors (Lipinski definition) is 4. The Balaban J connectivity index is 1.50. The second-order valence-corrected chi connectivity index (χ2v) is 5.80. The van der Waals surface area contributed by atoms with Gasteiger partial charge in [-0.15, -0.1) is 0 Å². The third-order valence-corrected chi connectivity index (χ3v) is 3.85. The molecular weight excluding hydrogens is 302 g/mol. The molecule has 22 heavy (non-hydrogen) atoms. The average Bonchev–Trinajstić information content (AvgIpc) is 2.53. The molecule has 6 heteroatoms.